The molecule has 17 nitrogen and oxygen atoms in total. The lowest BCUT2D eigenvalue weighted by molar-refractivity contribution is -0.351. The van der Waals surface area contributed by atoms with E-state index in [1.54, 1.807) is 0 Å². The molecule has 0 radical (unpaired) electrons. The minimum absolute atomic E-state index is 0.0307. The van der Waals surface area contributed by atoms with Gasteiger partial charge in [-0.2, -0.15) is 0 Å². The van der Waals surface area contributed by atoms with Gasteiger partial charge < -0.3 is 68.9 Å². The number of aliphatic hydroxyl groups is 4. The van der Waals surface area contributed by atoms with Crippen molar-refractivity contribution in [2.75, 3.05) is 6.61 Å². The molecule has 3 aliphatic rings. The van der Waals surface area contributed by atoms with Gasteiger partial charge >= 0.3 is 11.9 Å². The summed E-state index contributed by atoms with van der Waals surface area (Å²) < 4.78 is 39.7. The van der Waals surface area contributed by atoms with Crippen molar-refractivity contribution in [3.63, 3.8) is 0 Å². The van der Waals surface area contributed by atoms with Gasteiger partial charge in [-0.15, -0.1) is 0 Å². The highest BCUT2D eigenvalue weighted by Gasteiger charge is 2.52. The van der Waals surface area contributed by atoms with Gasteiger partial charge in [0, 0.05) is 31.5 Å². The molecule has 3 aliphatic heterocycles. The predicted molar refractivity (Wildman–Crippen MR) is 155 cm³/mol. The largest absolute Gasteiger partial charge is 0.508 e. The number of ketones is 1. The number of phenols is 3. The molecule has 0 aliphatic carbocycles. The molecule has 11 atom stereocenters. The molecule has 2 aromatic carbocycles. The molecule has 0 unspecified atom stereocenters. The number of hydrogen-bond donors (Lipinski definition) is 7. The Morgan fingerprint density at radius 1 is 0.854 bits per heavy atom. The minimum Gasteiger partial charge on any atom is -0.508 e. The number of rotatable bonds is 8. The van der Waals surface area contributed by atoms with E-state index in [9.17, 15) is 50.1 Å². The monoisotopic (exact) mass is 680 g/mol. The van der Waals surface area contributed by atoms with Gasteiger partial charge in [-0.1, -0.05) is 0 Å². The van der Waals surface area contributed by atoms with Gasteiger partial charge in [0.2, 0.25) is 6.29 Å². The fourth-order valence-corrected chi connectivity index (χ4v) is 5.69. The summed E-state index contributed by atoms with van der Waals surface area (Å²) in [5.74, 6) is -3.33. The average Bonchev–Trinajstić information content (AvgIpc) is 3.00. The number of aromatic hydroxyl groups is 3. The fraction of sp³-hybridized carbons (Fsp3) is 0.516. The summed E-state index contributed by atoms with van der Waals surface area (Å²) in [6.07, 6.45) is -17.2. The molecule has 0 bridgehead atoms. The first kappa shape index (κ1) is 35.1. The molecule has 2 aromatic rings. The number of carbonyl (C=O) groups is 3. The van der Waals surface area contributed by atoms with E-state index in [2.05, 4.69) is 0 Å². The molecular formula is C31H36O17. The van der Waals surface area contributed by atoms with Crippen molar-refractivity contribution < 1.29 is 83.3 Å². The Balaban J connectivity index is 1.44. The molecule has 0 spiro atoms. The first-order valence-corrected chi connectivity index (χ1v) is 14.9. The predicted octanol–water partition coefficient (Wildman–Crippen LogP) is -0.318. The number of phenolic OH excluding ortho intramolecular Hbond substituents is 3. The summed E-state index contributed by atoms with van der Waals surface area (Å²) in [4.78, 5) is 36.6. The first-order chi connectivity index (χ1) is 22.6. The number of benzene rings is 2. The molecular weight excluding hydrogens is 644 g/mol. The number of carbonyl (C=O) groups excluding carboxylic acids is 3. The van der Waals surface area contributed by atoms with Gasteiger partial charge in [-0.25, -0.2) is 0 Å². The highest BCUT2D eigenvalue weighted by atomic mass is 16.7. The van der Waals surface area contributed by atoms with Crippen LogP contribution in [0.15, 0.2) is 30.3 Å². The van der Waals surface area contributed by atoms with Gasteiger partial charge in [-0.05, 0) is 25.1 Å². The SMILES string of the molecule is CC(=O)OC[C@H]1O[C@@H](O[C@@H]2[C@@H](O)[C@H](C)O[C@@H](Oc3ccc(O)cc3[C@@H]3CC(=O)c4c(O)cc(O)cc4O3)[C@@H]2OC(C)=O)[C@H](O)[C@@H](O)[C@@H]1O. The smallest absolute Gasteiger partial charge is 0.303 e. The van der Waals surface area contributed by atoms with Crippen LogP contribution in [-0.2, 0) is 33.3 Å². The zero-order valence-corrected chi connectivity index (χ0v) is 25.9. The summed E-state index contributed by atoms with van der Waals surface area (Å²) in [7, 11) is 0. The van der Waals surface area contributed by atoms with Gasteiger partial charge in [0.15, 0.2) is 18.2 Å². The Hall–Kier alpha value is -4.23. The topological polar surface area (TPSA) is 257 Å². The fourth-order valence-electron chi connectivity index (χ4n) is 5.69. The highest BCUT2D eigenvalue weighted by Crippen LogP contribution is 2.44. The zero-order valence-electron chi connectivity index (χ0n) is 25.9. The van der Waals surface area contributed by atoms with Crippen molar-refractivity contribution in [2.45, 2.75) is 94.7 Å². The van der Waals surface area contributed by atoms with Gasteiger partial charge in [0.25, 0.3) is 0 Å². The Labute approximate surface area is 272 Å². The van der Waals surface area contributed by atoms with E-state index in [4.69, 9.17) is 33.2 Å². The van der Waals surface area contributed by atoms with E-state index in [1.165, 1.54) is 25.1 Å². The van der Waals surface area contributed by atoms with Crippen molar-refractivity contribution in [3.8, 4) is 28.7 Å². The average molecular weight is 681 g/mol. The molecule has 2 fully saturated rings. The van der Waals surface area contributed by atoms with Crippen LogP contribution in [-0.4, -0.2) is 121 Å². The minimum atomic E-state index is -1.87. The van der Waals surface area contributed by atoms with Gasteiger partial charge in [0.1, 0.15) is 83.6 Å². The van der Waals surface area contributed by atoms with Crippen LogP contribution in [0.3, 0.4) is 0 Å². The lowest BCUT2D eigenvalue weighted by Gasteiger charge is -2.46. The van der Waals surface area contributed by atoms with Crippen LogP contribution in [0.1, 0.15) is 49.2 Å². The summed E-state index contributed by atoms with van der Waals surface area (Å²) in [5.41, 5.74) is -0.0189. The van der Waals surface area contributed by atoms with Crippen LogP contribution in [0.5, 0.6) is 28.7 Å². The Kier molecular flexibility index (Phi) is 10.3. The van der Waals surface area contributed by atoms with Crippen molar-refractivity contribution in [3.05, 3.63) is 41.5 Å². The van der Waals surface area contributed by atoms with Crippen LogP contribution in [0.25, 0.3) is 0 Å². The second-order valence-electron chi connectivity index (χ2n) is 11.6. The van der Waals surface area contributed by atoms with Crippen LogP contribution in [0.2, 0.25) is 0 Å². The third-order valence-corrected chi connectivity index (χ3v) is 8.04. The van der Waals surface area contributed by atoms with E-state index >= 15 is 0 Å². The number of ether oxygens (including phenoxy) is 7. The summed E-state index contributed by atoms with van der Waals surface area (Å²) in [5, 5.41) is 73.0. The second kappa shape index (κ2) is 14.1. The molecule has 2 saturated heterocycles. The second-order valence-corrected chi connectivity index (χ2v) is 11.6. The molecule has 5 rings (SSSR count). The Morgan fingerprint density at radius 2 is 1.58 bits per heavy atom. The molecule has 7 N–H and O–H groups in total. The number of Topliss-reactive ketones (excluding diaryl/α,β-unsaturated/α-hetero) is 1. The number of hydrogen-bond acceptors (Lipinski definition) is 17. The van der Waals surface area contributed by atoms with Crippen molar-refractivity contribution in [1.29, 1.82) is 0 Å². The maximum absolute atomic E-state index is 13.0. The number of aliphatic hydroxyl groups excluding tert-OH is 4. The van der Waals surface area contributed by atoms with Crippen LogP contribution >= 0.6 is 0 Å². The summed E-state index contributed by atoms with van der Waals surface area (Å²) in [6.45, 7) is 3.11. The van der Waals surface area contributed by atoms with E-state index in [1.807, 2.05) is 0 Å². The molecule has 17 heteroatoms. The first-order valence-electron chi connectivity index (χ1n) is 14.9. The molecule has 0 saturated carbocycles. The molecule has 0 aromatic heterocycles. The zero-order chi connectivity index (χ0) is 35.0. The van der Waals surface area contributed by atoms with Gasteiger partial charge in [0.05, 0.1) is 12.5 Å². The third-order valence-electron chi connectivity index (χ3n) is 8.04. The quantitative estimate of drug-likeness (QED) is 0.176. The van der Waals surface area contributed by atoms with E-state index in [0.29, 0.717) is 0 Å². The maximum atomic E-state index is 13.0. The number of esters is 2. The molecule has 262 valence electrons. The van der Waals surface area contributed by atoms with Crippen molar-refractivity contribution in [1.82, 2.24) is 0 Å². The summed E-state index contributed by atoms with van der Waals surface area (Å²) in [6, 6.07) is 5.96. The molecule has 0 amide bonds. The van der Waals surface area contributed by atoms with E-state index in [-0.39, 0.29) is 40.5 Å². The highest BCUT2D eigenvalue weighted by molar-refractivity contribution is 6.02. The van der Waals surface area contributed by atoms with E-state index < -0.39 is 97.6 Å². The van der Waals surface area contributed by atoms with Crippen molar-refractivity contribution in [2.24, 2.45) is 0 Å². The standard InChI is InChI=1S/C31H36O17/c1-11-24(38)28(48-30-27(41)26(40)25(39)22(47-30)10-42-12(2)32)29(44-13(3)33)31(43-11)46-19-5-4-14(34)6-16(19)20-9-18(37)23-17(36)7-15(35)8-21(23)45-20/h4-8,11,20,22,24-31,34-36,38-41H,9-10H2,1-3H3/t11-,20-,22+,24-,25+,26-,27+,28+,29+,30-,31-/m0/s1. The Bertz CT molecular complexity index is 1530. The number of fused-ring (bicyclic) bond motifs is 1. The lowest BCUT2D eigenvalue weighted by atomic mass is 9.94. The van der Waals surface area contributed by atoms with Gasteiger partial charge in [-0.3, -0.25) is 14.4 Å². The third kappa shape index (κ3) is 7.26. The lowest BCUT2D eigenvalue weighted by Crippen LogP contribution is -2.65. The van der Waals surface area contributed by atoms with Crippen LogP contribution in [0, 0.1) is 0 Å². The summed E-state index contributed by atoms with van der Waals surface area (Å²) >= 11 is 0. The van der Waals surface area contributed by atoms with Crippen LogP contribution < -0.4 is 9.47 Å². The Morgan fingerprint density at radius 3 is 2.27 bits per heavy atom. The van der Waals surface area contributed by atoms with Crippen molar-refractivity contribution >= 4 is 17.7 Å². The molecule has 48 heavy (non-hydrogen) atoms. The maximum Gasteiger partial charge on any atom is 0.303 e. The van der Waals surface area contributed by atoms with Crippen LogP contribution in [0.4, 0.5) is 0 Å². The molecule has 3 heterocycles. The van der Waals surface area contributed by atoms with E-state index in [0.717, 1.165) is 26.0 Å². The normalized spacial score (nSPS) is 33.2.